The molecule has 4 rings (SSSR count). The average Bonchev–Trinajstić information content (AvgIpc) is 3.36. The van der Waals surface area contributed by atoms with Crippen LogP contribution in [0, 0.1) is 6.92 Å². The first-order chi connectivity index (χ1) is 14.0. The van der Waals surface area contributed by atoms with Gasteiger partial charge in [0.1, 0.15) is 0 Å². The third kappa shape index (κ3) is 4.27. The average molecular weight is 400 g/mol. The minimum atomic E-state index is -0.586. The van der Waals surface area contributed by atoms with Gasteiger partial charge in [-0.2, -0.15) is 0 Å². The van der Waals surface area contributed by atoms with E-state index in [2.05, 4.69) is 34.9 Å². The van der Waals surface area contributed by atoms with Crippen LogP contribution in [-0.4, -0.2) is 70.1 Å². The fourth-order valence-corrected chi connectivity index (χ4v) is 3.99. The van der Waals surface area contributed by atoms with Crippen LogP contribution < -0.4 is 9.74 Å². The van der Waals surface area contributed by atoms with Crippen molar-refractivity contribution in [1.29, 1.82) is 0 Å². The van der Waals surface area contributed by atoms with E-state index in [1.54, 1.807) is 4.90 Å². The molecule has 0 saturated carbocycles. The summed E-state index contributed by atoms with van der Waals surface area (Å²) >= 11 is 0. The molecule has 0 aliphatic carbocycles. The number of hydrogen-bond acceptors (Lipinski definition) is 6. The van der Waals surface area contributed by atoms with Crippen LogP contribution in [0.2, 0.25) is 0 Å². The molecule has 1 amide bonds. The summed E-state index contributed by atoms with van der Waals surface area (Å²) < 4.78 is 0.722. The van der Waals surface area contributed by atoms with Crippen molar-refractivity contribution in [2.24, 2.45) is 0 Å². The van der Waals surface area contributed by atoms with Gasteiger partial charge in [0.2, 0.25) is 11.8 Å². The summed E-state index contributed by atoms with van der Waals surface area (Å²) in [5, 5.41) is 19.2. The predicted molar refractivity (Wildman–Crippen MR) is 109 cm³/mol. The van der Waals surface area contributed by atoms with E-state index in [1.165, 1.54) is 41.8 Å². The van der Waals surface area contributed by atoms with E-state index >= 15 is 0 Å². The Hall–Kier alpha value is -2.87. The first-order valence-corrected chi connectivity index (χ1v) is 10.1. The van der Waals surface area contributed by atoms with Crippen molar-refractivity contribution < 1.29 is 19.8 Å². The lowest BCUT2D eigenvalue weighted by atomic mass is 10.1. The maximum Gasteiger partial charge on any atom is 0.434 e. The van der Waals surface area contributed by atoms with Gasteiger partial charge in [-0.15, -0.1) is 4.73 Å². The number of benzene rings is 1. The second-order valence-corrected chi connectivity index (χ2v) is 7.77. The number of amides is 1. The van der Waals surface area contributed by atoms with Crippen molar-refractivity contribution in [3.8, 4) is 11.8 Å². The number of piperazine rings is 1. The molecular formula is C21H28N4O4. The van der Waals surface area contributed by atoms with Crippen LogP contribution in [0.15, 0.2) is 30.3 Å². The Morgan fingerprint density at radius 3 is 2.24 bits per heavy atom. The molecule has 1 aromatic carbocycles. The lowest BCUT2D eigenvalue weighted by Gasteiger charge is -2.34. The van der Waals surface area contributed by atoms with E-state index in [1.807, 2.05) is 0 Å². The van der Waals surface area contributed by atoms with Crippen molar-refractivity contribution in [1.82, 2.24) is 14.5 Å². The quantitative estimate of drug-likeness (QED) is 0.819. The van der Waals surface area contributed by atoms with Crippen molar-refractivity contribution >= 4 is 11.8 Å². The summed E-state index contributed by atoms with van der Waals surface area (Å²) in [5.41, 5.74) is 3.92. The highest BCUT2D eigenvalue weighted by Crippen LogP contribution is 2.24. The zero-order valence-corrected chi connectivity index (χ0v) is 16.8. The highest BCUT2D eigenvalue weighted by Gasteiger charge is 2.24. The molecule has 3 heterocycles. The zero-order valence-electron chi connectivity index (χ0n) is 16.8. The predicted octanol–water partition coefficient (Wildman–Crippen LogP) is 2.17. The van der Waals surface area contributed by atoms with Crippen molar-refractivity contribution in [3.63, 3.8) is 0 Å². The van der Waals surface area contributed by atoms with Gasteiger partial charge in [0.15, 0.2) is 0 Å². The van der Waals surface area contributed by atoms with Crippen LogP contribution in [0.3, 0.4) is 0 Å². The highest BCUT2D eigenvalue weighted by molar-refractivity contribution is 5.68. The standard InChI is InChI=1S/C21H28N4O4/c1-16-14-18(23-8-2-3-9-23)5-4-17(16)15-22-10-12-24(13-11-22)21(28)29-25-19(26)6-7-20(25)27/h4-7,14,26-27H,2-3,8-13,15H2,1H3. The monoisotopic (exact) mass is 400 g/mol. The molecule has 0 spiro atoms. The second kappa shape index (κ2) is 8.24. The SMILES string of the molecule is Cc1cc(N2CCCC2)ccc1CN1CCN(C(=O)On2c(O)ccc2O)CC1. The zero-order chi connectivity index (χ0) is 20.4. The molecule has 0 bridgehead atoms. The molecule has 0 atom stereocenters. The molecule has 1 aromatic heterocycles. The third-order valence-corrected chi connectivity index (χ3v) is 5.79. The van der Waals surface area contributed by atoms with Crippen LogP contribution in [0.25, 0.3) is 0 Å². The maximum atomic E-state index is 12.3. The number of carbonyl (C=O) groups excluding carboxylic acids is 1. The number of aromatic nitrogens is 1. The van der Waals surface area contributed by atoms with E-state index in [0.29, 0.717) is 13.1 Å². The molecule has 2 fully saturated rings. The van der Waals surface area contributed by atoms with Crippen LogP contribution in [-0.2, 0) is 6.54 Å². The van der Waals surface area contributed by atoms with Gasteiger partial charge in [-0.05, 0) is 43.0 Å². The maximum absolute atomic E-state index is 12.3. The molecule has 156 valence electrons. The first kappa shape index (κ1) is 19.4. The first-order valence-electron chi connectivity index (χ1n) is 10.1. The summed E-state index contributed by atoms with van der Waals surface area (Å²) in [6.07, 6.45) is 1.96. The van der Waals surface area contributed by atoms with E-state index in [0.717, 1.165) is 37.5 Å². The van der Waals surface area contributed by atoms with Crippen LogP contribution >= 0.6 is 0 Å². The van der Waals surface area contributed by atoms with Crippen LogP contribution in [0.1, 0.15) is 24.0 Å². The summed E-state index contributed by atoms with van der Waals surface area (Å²) in [4.78, 5) is 23.7. The summed E-state index contributed by atoms with van der Waals surface area (Å²) in [6.45, 7) is 7.87. The highest BCUT2D eigenvalue weighted by atomic mass is 16.7. The molecular weight excluding hydrogens is 372 g/mol. The number of anilines is 1. The lowest BCUT2D eigenvalue weighted by molar-refractivity contribution is 0.0555. The van der Waals surface area contributed by atoms with E-state index in [9.17, 15) is 15.0 Å². The Bertz CT molecular complexity index is 848. The van der Waals surface area contributed by atoms with Crippen molar-refractivity contribution in [3.05, 3.63) is 41.5 Å². The van der Waals surface area contributed by atoms with Gasteiger partial charge < -0.3 is 24.9 Å². The van der Waals surface area contributed by atoms with E-state index < -0.39 is 6.09 Å². The molecule has 0 unspecified atom stereocenters. The van der Waals surface area contributed by atoms with Gasteiger partial charge in [-0.3, -0.25) is 4.90 Å². The normalized spacial score (nSPS) is 17.7. The second-order valence-electron chi connectivity index (χ2n) is 7.77. The Morgan fingerprint density at radius 2 is 1.62 bits per heavy atom. The van der Waals surface area contributed by atoms with Gasteiger partial charge >= 0.3 is 6.09 Å². The third-order valence-electron chi connectivity index (χ3n) is 5.79. The molecule has 0 radical (unpaired) electrons. The summed E-state index contributed by atoms with van der Waals surface area (Å²) in [7, 11) is 0. The molecule has 2 aliphatic rings. The summed E-state index contributed by atoms with van der Waals surface area (Å²) in [6, 6.07) is 9.25. The molecule has 29 heavy (non-hydrogen) atoms. The lowest BCUT2D eigenvalue weighted by Crippen LogP contribution is -2.50. The molecule has 8 heteroatoms. The molecule has 2 N–H and O–H groups in total. The number of aromatic hydroxyl groups is 2. The molecule has 2 aliphatic heterocycles. The van der Waals surface area contributed by atoms with Gasteiger partial charge in [-0.1, -0.05) is 6.07 Å². The Labute approximate surface area is 170 Å². The van der Waals surface area contributed by atoms with Crippen molar-refractivity contribution in [2.45, 2.75) is 26.3 Å². The van der Waals surface area contributed by atoms with E-state index in [4.69, 9.17) is 4.84 Å². The molecule has 2 saturated heterocycles. The molecule has 8 nitrogen and oxygen atoms in total. The van der Waals surface area contributed by atoms with Gasteiger partial charge in [0, 0.05) is 63.6 Å². The van der Waals surface area contributed by atoms with Gasteiger partial charge in [0.25, 0.3) is 0 Å². The van der Waals surface area contributed by atoms with Crippen molar-refractivity contribution in [2.75, 3.05) is 44.2 Å². The minimum Gasteiger partial charge on any atom is -0.492 e. The fourth-order valence-electron chi connectivity index (χ4n) is 3.99. The topological polar surface area (TPSA) is 81.4 Å². The van der Waals surface area contributed by atoms with Crippen LogP contribution in [0.5, 0.6) is 11.8 Å². The largest absolute Gasteiger partial charge is 0.492 e. The Balaban J connectivity index is 1.30. The number of rotatable bonds is 4. The minimum absolute atomic E-state index is 0.317. The molecule has 2 aromatic rings. The number of nitrogens with zero attached hydrogens (tertiary/aromatic N) is 4. The number of aryl methyl sites for hydroxylation is 1. The number of carbonyl (C=O) groups is 1. The smallest absolute Gasteiger partial charge is 0.434 e. The van der Waals surface area contributed by atoms with Crippen LogP contribution in [0.4, 0.5) is 10.5 Å². The fraction of sp³-hybridized carbons (Fsp3) is 0.476. The Kier molecular flexibility index (Phi) is 5.53. The van der Waals surface area contributed by atoms with Gasteiger partial charge in [-0.25, -0.2) is 4.79 Å². The Morgan fingerprint density at radius 1 is 0.966 bits per heavy atom. The van der Waals surface area contributed by atoms with E-state index in [-0.39, 0.29) is 11.8 Å². The summed E-state index contributed by atoms with van der Waals surface area (Å²) in [5.74, 6) is -0.635. The van der Waals surface area contributed by atoms with Gasteiger partial charge in [0.05, 0.1) is 0 Å². The number of hydrogen-bond donors (Lipinski definition) is 2.